The Hall–Kier alpha value is -2.56. The lowest BCUT2D eigenvalue weighted by Crippen LogP contribution is -2.32. The second-order valence-electron chi connectivity index (χ2n) is 6.41. The van der Waals surface area contributed by atoms with Gasteiger partial charge in [0.25, 0.3) is 0 Å². The smallest absolute Gasteiger partial charge is 0.339 e. The Morgan fingerprint density at radius 2 is 1.96 bits per heavy atom. The van der Waals surface area contributed by atoms with Gasteiger partial charge in [0.1, 0.15) is 17.1 Å². The van der Waals surface area contributed by atoms with Gasteiger partial charge in [-0.2, -0.15) is 0 Å². The number of carbonyl (C=O) groups is 2. The van der Waals surface area contributed by atoms with Crippen LogP contribution in [0.5, 0.6) is 0 Å². The van der Waals surface area contributed by atoms with Crippen LogP contribution in [0, 0.1) is 12.8 Å². The molecule has 0 radical (unpaired) electrons. The van der Waals surface area contributed by atoms with Gasteiger partial charge in [-0.3, -0.25) is 4.79 Å². The largest absolute Gasteiger partial charge is 0.478 e. The third-order valence-corrected chi connectivity index (χ3v) is 4.49. The Kier molecular flexibility index (Phi) is 4.42. The van der Waals surface area contributed by atoms with E-state index < -0.39 is 5.97 Å². The van der Waals surface area contributed by atoms with Crippen molar-refractivity contribution in [2.45, 2.75) is 32.2 Å². The molecule has 2 aromatic rings. The second kappa shape index (κ2) is 6.51. The van der Waals surface area contributed by atoms with E-state index in [4.69, 9.17) is 9.52 Å². The molecule has 0 spiro atoms. The molecule has 0 aliphatic heterocycles. The lowest BCUT2D eigenvalue weighted by molar-refractivity contribution is -0.132. The summed E-state index contributed by atoms with van der Waals surface area (Å²) in [6.07, 6.45) is 2.14. The van der Waals surface area contributed by atoms with Crippen molar-refractivity contribution in [2.75, 3.05) is 7.05 Å². The summed E-state index contributed by atoms with van der Waals surface area (Å²) in [6, 6.07) is 11.3. The van der Waals surface area contributed by atoms with Crippen LogP contribution >= 0.6 is 0 Å². The fourth-order valence-electron chi connectivity index (χ4n) is 3.09. The van der Waals surface area contributed by atoms with Gasteiger partial charge >= 0.3 is 5.97 Å². The van der Waals surface area contributed by atoms with Crippen LogP contribution in [0.2, 0.25) is 0 Å². The fraction of sp³-hybridized carbons (Fsp3) is 0.368. The summed E-state index contributed by atoms with van der Waals surface area (Å²) in [7, 11) is 1.74. The molecule has 24 heavy (non-hydrogen) atoms. The Morgan fingerprint density at radius 1 is 1.29 bits per heavy atom. The van der Waals surface area contributed by atoms with Gasteiger partial charge in [0.05, 0.1) is 12.5 Å². The average Bonchev–Trinajstić information content (AvgIpc) is 3.31. The highest BCUT2D eigenvalue weighted by Crippen LogP contribution is 2.43. The summed E-state index contributed by atoms with van der Waals surface area (Å²) >= 11 is 0. The molecule has 1 aliphatic rings. The molecule has 0 bridgehead atoms. The number of aryl methyl sites for hydroxylation is 1. The van der Waals surface area contributed by atoms with Gasteiger partial charge < -0.3 is 14.4 Å². The minimum absolute atomic E-state index is 0.0506. The first-order valence-corrected chi connectivity index (χ1v) is 8.10. The van der Waals surface area contributed by atoms with E-state index >= 15 is 0 Å². The Bertz CT molecular complexity index is 746. The molecule has 1 atom stereocenters. The second-order valence-corrected chi connectivity index (χ2v) is 6.41. The van der Waals surface area contributed by atoms with Crippen molar-refractivity contribution in [2.24, 2.45) is 5.92 Å². The van der Waals surface area contributed by atoms with Gasteiger partial charge in [-0.05, 0) is 37.3 Å². The summed E-state index contributed by atoms with van der Waals surface area (Å²) in [6.45, 7) is 1.88. The first-order valence-electron chi connectivity index (χ1n) is 8.10. The number of rotatable bonds is 6. The fourth-order valence-corrected chi connectivity index (χ4v) is 3.09. The minimum atomic E-state index is -1.02. The SMILES string of the molecule is Cc1oc(CN(C)C(=O)C(c2ccccc2)C2CC2)cc1C(=O)O. The van der Waals surface area contributed by atoms with E-state index in [1.807, 2.05) is 30.3 Å². The number of likely N-dealkylation sites (N-methyl/N-ethyl adjacent to an activating group) is 1. The molecule has 5 nitrogen and oxygen atoms in total. The Morgan fingerprint density at radius 3 is 2.50 bits per heavy atom. The number of carboxylic acid groups (broad SMARTS) is 1. The number of aromatic carboxylic acids is 1. The molecular formula is C19H21NO4. The Balaban J connectivity index is 1.76. The molecular weight excluding hydrogens is 306 g/mol. The first kappa shape index (κ1) is 16.3. The Labute approximate surface area is 140 Å². The maximum absolute atomic E-state index is 12.9. The van der Waals surface area contributed by atoms with Crippen LogP contribution < -0.4 is 0 Å². The van der Waals surface area contributed by atoms with E-state index in [2.05, 4.69) is 0 Å². The molecule has 126 valence electrons. The average molecular weight is 327 g/mol. The van der Waals surface area contributed by atoms with E-state index in [1.54, 1.807) is 18.9 Å². The number of benzene rings is 1. The molecule has 1 fully saturated rings. The zero-order valence-electron chi connectivity index (χ0n) is 13.9. The van der Waals surface area contributed by atoms with Crippen molar-refractivity contribution in [3.63, 3.8) is 0 Å². The molecule has 1 amide bonds. The number of amides is 1. The lowest BCUT2D eigenvalue weighted by atomic mass is 9.93. The molecule has 1 N–H and O–H groups in total. The lowest BCUT2D eigenvalue weighted by Gasteiger charge is -2.23. The summed E-state index contributed by atoms with van der Waals surface area (Å²) in [5.74, 6) is 0.149. The maximum atomic E-state index is 12.9. The number of hydrogen-bond acceptors (Lipinski definition) is 3. The zero-order chi connectivity index (χ0) is 17.3. The van der Waals surface area contributed by atoms with Crippen molar-refractivity contribution in [1.82, 2.24) is 4.90 Å². The highest BCUT2D eigenvalue weighted by atomic mass is 16.4. The van der Waals surface area contributed by atoms with Crippen LogP contribution in [0.25, 0.3) is 0 Å². The van der Waals surface area contributed by atoms with Crippen LogP contribution in [0.15, 0.2) is 40.8 Å². The van der Waals surface area contributed by atoms with Gasteiger partial charge in [-0.15, -0.1) is 0 Å². The number of nitrogens with zero attached hydrogens (tertiary/aromatic N) is 1. The van der Waals surface area contributed by atoms with Crippen molar-refractivity contribution in [3.05, 3.63) is 59.0 Å². The van der Waals surface area contributed by atoms with Crippen LogP contribution in [0.3, 0.4) is 0 Å². The monoisotopic (exact) mass is 327 g/mol. The third-order valence-electron chi connectivity index (χ3n) is 4.49. The van der Waals surface area contributed by atoms with Crippen LogP contribution in [0.1, 0.15) is 46.2 Å². The minimum Gasteiger partial charge on any atom is -0.478 e. The molecule has 1 aliphatic carbocycles. The van der Waals surface area contributed by atoms with Crippen LogP contribution in [0.4, 0.5) is 0 Å². The predicted molar refractivity (Wildman–Crippen MR) is 88.8 cm³/mol. The van der Waals surface area contributed by atoms with Crippen LogP contribution in [-0.2, 0) is 11.3 Å². The van der Waals surface area contributed by atoms with Gasteiger partial charge in [0.2, 0.25) is 5.91 Å². The van der Waals surface area contributed by atoms with E-state index in [1.165, 1.54) is 6.07 Å². The van der Waals surface area contributed by atoms with Crippen LogP contribution in [-0.4, -0.2) is 28.9 Å². The van der Waals surface area contributed by atoms with E-state index in [0.717, 1.165) is 18.4 Å². The molecule has 1 aromatic heterocycles. The first-order chi connectivity index (χ1) is 11.5. The molecule has 1 heterocycles. The molecule has 0 saturated heterocycles. The molecule has 3 rings (SSSR count). The van der Waals surface area contributed by atoms with E-state index in [9.17, 15) is 9.59 Å². The zero-order valence-corrected chi connectivity index (χ0v) is 13.9. The van der Waals surface area contributed by atoms with Crippen molar-refractivity contribution < 1.29 is 19.1 Å². The predicted octanol–water partition coefficient (Wildman–Crippen LogP) is 3.44. The molecule has 1 unspecified atom stereocenters. The van der Waals surface area contributed by atoms with Crippen molar-refractivity contribution in [1.29, 1.82) is 0 Å². The molecule has 1 saturated carbocycles. The van der Waals surface area contributed by atoms with Gasteiger partial charge in [-0.1, -0.05) is 30.3 Å². The van der Waals surface area contributed by atoms with Crippen molar-refractivity contribution in [3.8, 4) is 0 Å². The standard InChI is InChI=1S/C19H21NO4/c1-12-16(19(22)23)10-15(24-12)11-20(2)18(21)17(14-8-9-14)13-6-4-3-5-7-13/h3-7,10,14,17H,8-9,11H2,1-2H3,(H,22,23). The maximum Gasteiger partial charge on any atom is 0.339 e. The van der Waals surface area contributed by atoms with Gasteiger partial charge in [0, 0.05) is 7.05 Å². The third kappa shape index (κ3) is 3.35. The summed E-state index contributed by atoms with van der Waals surface area (Å²) in [5.41, 5.74) is 1.19. The van der Waals surface area contributed by atoms with Gasteiger partial charge in [0.15, 0.2) is 0 Å². The number of furan rings is 1. The molecule has 5 heteroatoms. The summed E-state index contributed by atoms with van der Waals surface area (Å²) < 4.78 is 5.48. The van der Waals surface area contributed by atoms with Gasteiger partial charge in [-0.25, -0.2) is 4.79 Å². The highest BCUT2D eigenvalue weighted by molar-refractivity contribution is 5.89. The summed E-state index contributed by atoms with van der Waals surface area (Å²) in [4.78, 5) is 25.7. The number of hydrogen-bond donors (Lipinski definition) is 1. The van der Waals surface area contributed by atoms with E-state index in [-0.39, 0.29) is 23.9 Å². The van der Waals surface area contributed by atoms with E-state index in [0.29, 0.717) is 17.4 Å². The number of carbonyl (C=O) groups excluding carboxylic acids is 1. The summed E-state index contributed by atoms with van der Waals surface area (Å²) in [5, 5.41) is 9.10. The quantitative estimate of drug-likeness (QED) is 0.882. The normalized spacial score (nSPS) is 15.1. The topological polar surface area (TPSA) is 70.8 Å². The molecule has 1 aromatic carbocycles. The number of carboxylic acids is 1. The van der Waals surface area contributed by atoms with Crippen molar-refractivity contribution >= 4 is 11.9 Å². The highest BCUT2D eigenvalue weighted by Gasteiger charge is 2.38.